The second-order valence-corrected chi connectivity index (χ2v) is 11.1. The first-order chi connectivity index (χ1) is 18.1. The third-order valence-electron chi connectivity index (χ3n) is 7.88. The molecule has 8 heteroatoms. The van der Waals surface area contributed by atoms with Gasteiger partial charge in [0.2, 0.25) is 0 Å². The van der Waals surface area contributed by atoms with E-state index in [4.69, 9.17) is 22.1 Å². The molecule has 7 nitrogen and oxygen atoms in total. The molecular formula is C29H41ClN6O. The van der Waals surface area contributed by atoms with Crippen LogP contribution < -0.4 is 16.4 Å². The quantitative estimate of drug-likeness (QED) is 0.403. The molecule has 4 N–H and O–H groups in total. The molecule has 1 aliphatic heterocycles. The fourth-order valence-corrected chi connectivity index (χ4v) is 5.76. The summed E-state index contributed by atoms with van der Waals surface area (Å²) < 4.78 is 5.35. The first kappa shape index (κ1) is 27.6. The van der Waals surface area contributed by atoms with E-state index in [1.807, 2.05) is 18.2 Å². The second kappa shape index (κ2) is 13.9. The fourth-order valence-electron chi connectivity index (χ4n) is 5.56. The lowest BCUT2D eigenvalue weighted by molar-refractivity contribution is 0.0455. The summed E-state index contributed by atoms with van der Waals surface area (Å²) in [5, 5.41) is 17.1. The van der Waals surface area contributed by atoms with Crippen molar-refractivity contribution in [2.45, 2.75) is 89.1 Å². The molecule has 3 fully saturated rings. The monoisotopic (exact) mass is 524 g/mol. The van der Waals surface area contributed by atoms with E-state index < -0.39 is 5.41 Å². The summed E-state index contributed by atoms with van der Waals surface area (Å²) in [7, 11) is 0. The van der Waals surface area contributed by atoms with E-state index in [2.05, 4.69) is 26.7 Å². The van der Waals surface area contributed by atoms with Crippen molar-refractivity contribution < 1.29 is 4.74 Å². The van der Waals surface area contributed by atoms with Gasteiger partial charge in [0.25, 0.3) is 0 Å². The number of rotatable bonds is 6. The predicted octanol–water partition coefficient (Wildman–Crippen LogP) is 6.35. The molecule has 3 heterocycles. The Morgan fingerprint density at radius 3 is 2.30 bits per heavy atom. The second-order valence-electron chi connectivity index (χ2n) is 10.7. The molecule has 2 aromatic rings. The third-order valence-corrected chi connectivity index (χ3v) is 8.18. The number of aromatic nitrogens is 2. The van der Waals surface area contributed by atoms with E-state index in [9.17, 15) is 5.26 Å². The molecule has 0 spiro atoms. The molecular weight excluding hydrogens is 484 g/mol. The van der Waals surface area contributed by atoms with Gasteiger partial charge >= 0.3 is 0 Å². The standard InChI is InChI=1S/C17H18ClN5O.C12H23N/c18-13-9-21-15(20)8-12(13)14-2-1-3-16(23-14)22-11-17(10-19)4-6-24-7-5-17;1-3-7-11(8-4-1)13-12-9-5-2-6-10-12/h1-3,8-9H,4-7,11H2,(H2,20,21)(H,22,23);11-13H,1-10H2. The van der Waals surface area contributed by atoms with Gasteiger partial charge < -0.3 is 21.1 Å². The van der Waals surface area contributed by atoms with Crippen LogP contribution in [0.1, 0.15) is 77.0 Å². The number of pyridine rings is 2. The number of nitriles is 1. The van der Waals surface area contributed by atoms with Gasteiger partial charge in [-0.2, -0.15) is 5.26 Å². The minimum Gasteiger partial charge on any atom is -0.384 e. The molecule has 0 bridgehead atoms. The number of anilines is 2. The minimum absolute atomic E-state index is 0.389. The van der Waals surface area contributed by atoms with Crippen LogP contribution in [0.3, 0.4) is 0 Å². The summed E-state index contributed by atoms with van der Waals surface area (Å²) in [6.07, 6.45) is 17.5. The summed E-state index contributed by atoms with van der Waals surface area (Å²) in [6, 6.07) is 11.5. The number of halogens is 1. The van der Waals surface area contributed by atoms with Crippen molar-refractivity contribution in [3.8, 4) is 17.3 Å². The van der Waals surface area contributed by atoms with Crippen LogP contribution in [0.15, 0.2) is 30.5 Å². The molecule has 0 atom stereocenters. The Hall–Kier alpha value is -2.40. The van der Waals surface area contributed by atoms with Crippen molar-refractivity contribution in [3.63, 3.8) is 0 Å². The van der Waals surface area contributed by atoms with Gasteiger partial charge in [-0.15, -0.1) is 0 Å². The minimum atomic E-state index is -0.408. The first-order valence-electron chi connectivity index (χ1n) is 13.9. The van der Waals surface area contributed by atoms with Crippen molar-refractivity contribution in [2.75, 3.05) is 30.8 Å². The number of hydrogen-bond donors (Lipinski definition) is 3. The lowest BCUT2D eigenvalue weighted by Gasteiger charge is -2.30. The highest BCUT2D eigenvalue weighted by Crippen LogP contribution is 2.31. The Morgan fingerprint density at radius 2 is 1.68 bits per heavy atom. The smallest absolute Gasteiger partial charge is 0.126 e. The Labute approximate surface area is 226 Å². The highest BCUT2D eigenvalue weighted by Gasteiger charge is 2.32. The van der Waals surface area contributed by atoms with Gasteiger partial charge in [0.05, 0.1) is 22.2 Å². The van der Waals surface area contributed by atoms with Crippen LogP contribution in [0.25, 0.3) is 11.3 Å². The van der Waals surface area contributed by atoms with Crippen LogP contribution in [-0.2, 0) is 4.74 Å². The van der Waals surface area contributed by atoms with E-state index in [0.29, 0.717) is 42.1 Å². The van der Waals surface area contributed by atoms with Gasteiger partial charge in [-0.25, -0.2) is 9.97 Å². The molecule has 0 radical (unpaired) electrons. The maximum atomic E-state index is 9.51. The SMILES string of the molecule is C1CCC(NC2CCCCC2)CC1.N#CC1(CNc2cccc(-c3cc(N)ncc3Cl)n2)CCOCC1. The summed E-state index contributed by atoms with van der Waals surface area (Å²) in [5.41, 5.74) is 6.76. The van der Waals surface area contributed by atoms with Gasteiger partial charge in [-0.1, -0.05) is 56.2 Å². The zero-order chi connectivity index (χ0) is 25.9. The van der Waals surface area contributed by atoms with Crippen LogP contribution in [0.5, 0.6) is 0 Å². The Morgan fingerprint density at radius 1 is 1.03 bits per heavy atom. The summed E-state index contributed by atoms with van der Waals surface area (Å²) >= 11 is 6.19. The van der Waals surface area contributed by atoms with Crippen LogP contribution in [-0.4, -0.2) is 41.8 Å². The average molecular weight is 525 g/mol. The molecule has 0 amide bonds. The highest BCUT2D eigenvalue weighted by atomic mass is 35.5. The summed E-state index contributed by atoms with van der Waals surface area (Å²) in [5.74, 6) is 1.08. The van der Waals surface area contributed by atoms with Crippen LogP contribution in [0.4, 0.5) is 11.6 Å². The summed E-state index contributed by atoms with van der Waals surface area (Å²) in [4.78, 5) is 8.53. The van der Waals surface area contributed by atoms with E-state index in [-0.39, 0.29) is 0 Å². The number of nitrogens with one attached hydrogen (secondary N) is 2. The van der Waals surface area contributed by atoms with Crippen LogP contribution >= 0.6 is 11.6 Å². The molecule has 3 aliphatic rings. The zero-order valence-corrected chi connectivity index (χ0v) is 22.6. The summed E-state index contributed by atoms with van der Waals surface area (Å²) in [6.45, 7) is 1.78. The largest absolute Gasteiger partial charge is 0.384 e. The van der Waals surface area contributed by atoms with Crippen molar-refractivity contribution >= 4 is 23.2 Å². The molecule has 1 saturated heterocycles. The third kappa shape index (κ3) is 8.29. The van der Waals surface area contributed by atoms with Crippen molar-refractivity contribution in [1.29, 1.82) is 5.26 Å². The lowest BCUT2D eigenvalue weighted by Crippen LogP contribution is -2.40. The van der Waals surface area contributed by atoms with Gasteiger partial charge in [0.15, 0.2) is 0 Å². The van der Waals surface area contributed by atoms with Gasteiger partial charge in [0, 0.05) is 43.6 Å². The zero-order valence-electron chi connectivity index (χ0n) is 21.9. The number of hydrogen-bond acceptors (Lipinski definition) is 7. The first-order valence-corrected chi connectivity index (χ1v) is 14.3. The molecule has 2 saturated carbocycles. The molecule has 200 valence electrons. The van der Waals surface area contributed by atoms with Gasteiger partial charge in [0.1, 0.15) is 11.6 Å². The molecule has 0 unspecified atom stereocenters. The van der Waals surface area contributed by atoms with Crippen molar-refractivity contribution in [3.05, 3.63) is 35.5 Å². The molecule has 5 rings (SSSR count). The Kier molecular flexibility index (Phi) is 10.4. The van der Waals surface area contributed by atoms with E-state index >= 15 is 0 Å². The van der Waals surface area contributed by atoms with Crippen molar-refractivity contribution in [1.82, 2.24) is 15.3 Å². The van der Waals surface area contributed by atoms with Crippen molar-refractivity contribution in [2.24, 2.45) is 5.41 Å². The maximum Gasteiger partial charge on any atom is 0.126 e. The van der Waals surface area contributed by atoms with E-state index in [0.717, 1.165) is 30.5 Å². The van der Waals surface area contributed by atoms with Crippen LogP contribution in [0.2, 0.25) is 5.02 Å². The fraction of sp³-hybridized carbons (Fsp3) is 0.621. The number of nitrogens with two attached hydrogens (primary N) is 1. The molecule has 2 aliphatic carbocycles. The maximum absolute atomic E-state index is 9.51. The Bertz CT molecular complexity index is 1010. The number of ether oxygens (including phenoxy) is 1. The topological polar surface area (TPSA) is 109 Å². The Balaban J connectivity index is 0.000000207. The van der Waals surface area contributed by atoms with Crippen LogP contribution in [0, 0.1) is 16.7 Å². The number of nitrogen functional groups attached to an aromatic ring is 1. The van der Waals surface area contributed by atoms with Gasteiger partial charge in [-0.05, 0) is 56.7 Å². The molecule has 0 aromatic carbocycles. The lowest BCUT2D eigenvalue weighted by atomic mass is 9.82. The van der Waals surface area contributed by atoms with E-state index in [1.54, 1.807) is 6.07 Å². The molecule has 2 aromatic heterocycles. The van der Waals surface area contributed by atoms with E-state index in [1.165, 1.54) is 70.4 Å². The number of nitrogens with zero attached hydrogens (tertiary/aromatic N) is 3. The highest BCUT2D eigenvalue weighted by molar-refractivity contribution is 6.33. The molecule has 37 heavy (non-hydrogen) atoms. The van der Waals surface area contributed by atoms with Gasteiger partial charge in [-0.3, -0.25) is 0 Å². The predicted molar refractivity (Wildman–Crippen MR) is 150 cm³/mol. The normalized spacial score (nSPS) is 20.3. The average Bonchev–Trinajstić information content (AvgIpc) is 2.95.